The third kappa shape index (κ3) is 5.65. The van der Waals surface area contributed by atoms with Gasteiger partial charge in [-0.05, 0) is 37.7 Å². The van der Waals surface area contributed by atoms with E-state index < -0.39 is 0 Å². The first-order chi connectivity index (χ1) is 7.63. The molecular weight excluding hydrogens is 243 g/mol. The van der Waals surface area contributed by atoms with Gasteiger partial charge in [0, 0.05) is 18.2 Å². The lowest BCUT2D eigenvalue weighted by atomic mass is 10.2. The standard InChI is InChI=1S/C12H17FN2O.ClH/c1-3-14-9(2)8-15-12(16)10-4-6-11(13)7-5-10;/h4-7,9,14H,3,8H2,1-2H3,(H,15,16);1H/t9-;/m1./s1. The van der Waals surface area contributed by atoms with E-state index in [4.69, 9.17) is 0 Å². The molecule has 5 heteroatoms. The summed E-state index contributed by atoms with van der Waals surface area (Å²) in [6.07, 6.45) is 0. The van der Waals surface area contributed by atoms with E-state index >= 15 is 0 Å². The largest absolute Gasteiger partial charge is 0.350 e. The van der Waals surface area contributed by atoms with Crippen LogP contribution in [0.2, 0.25) is 0 Å². The topological polar surface area (TPSA) is 41.1 Å². The third-order valence-corrected chi connectivity index (χ3v) is 2.23. The Balaban J connectivity index is 0.00000256. The summed E-state index contributed by atoms with van der Waals surface area (Å²) < 4.78 is 12.6. The van der Waals surface area contributed by atoms with Crippen molar-refractivity contribution in [2.24, 2.45) is 0 Å². The number of hydrogen-bond acceptors (Lipinski definition) is 2. The second-order valence-electron chi connectivity index (χ2n) is 3.68. The Morgan fingerprint density at radius 1 is 1.35 bits per heavy atom. The van der Waals surface area contributed by atoms with Crippen molar-refractivity contribution in [3.8, 4) is 0 Å². The third-order valence-electron chi connectivity index (χ3n) is 2.23. The van der Waals surface area contributed by atoms with E-state index in [0.29, 0.717) is 12.1 Å². The Morgan fingerprint density at radius 3 is 2.47 bits per heavy atom. The van der Waals surface area contributed by atoms with Crippen LogP contribution >= 0.6 is 12.4 Å². The zero-order chi connectivity index (χ0) is 12.0. The van der Waals surface area contributed by atoms with Gasteiger partial charge in [0.05, 0.1) is 0 Å². The van der Waals surface area contributed by atoms with Gasteiger partial charge in [-0.2, -0.15) is 0 Å². The minimum absolute atomic E-state index is 0. The molecular formula is C12H18ClFN2O. The van der Waals surface area contributed by atoms with Gasteiger partial charge in [0.25, 0.3) is 5.91 Å². The smallest absolute Gasteiger partial charge is 0.251 e. The van der Waals surface area contributed by atoms with Crippen molar-refractivity contribution in [2.45, 2.75) is 19.9 Å². The van der Waals surface area contributed by atoms with E-state index in [-0.39, 0.29) is 30.2 Å². The number of hydrogen-bond donors (Lipinski definition) is 2. The highest BCUT2D eigenvalue weighted by Gasteiger charge is 2.06. The summed E-state index contributed by atoms with van der Waals surface area (Å²) in [5.41, 5.74) is 0.477. The molecule has 1 aromatic carbocycles. The SMILES string of the molecule is CCN[C@H](C)CNC(=O)c1ccc(F)cc1.Cl. The van der Waals surface area contributed by atoms with E-state index in [0.717, 1.165) is 6.54 Å². The van der Waals surface area contributed by atoms with Gasteiger partial charge in [-0.25, -0.2) is 4.39 Å². The molecule has 0 aliphatic carbocycles. The van der Waals surface area contributed by atoms with Crippen LogP contribution in [0, 0.1) is 5.82 Å². The molecule has 1 aromatic rings. The summed E-state index contributed by atoms with van der Waals surface area (Å²) in [7, 11) is 0. The summed E-state index contributed by atoms with van der Waals surface area (Å²) in [6.45, 7) is 5.43. The van der Waals surface area contributed by atoms with Gasteiger partial charge >= 0.3 is 0 Å². The van der Waals surface area contributed by atoms with Crippen molar-refractivity contribution >= 4 is 18.3 Å². The average Bonchev–Trinajstić information content (AvgIpc) is 2.27. The summed E-state index contributed by atoms with van der Waals surface area (Å²) in [4.78, 5) is 11.6. The first-order valence-electron chi connectivity index (χ1n) is 5.40. The zero-order valence-electron chi connectivity index (χ0n) is 10.00. The number of likely N-dealkylation sites (N-methyl/N-ethyl adjacent to an activating group) is 1. The van der Waals surface area contributed by atoms with Crippen LogP contribution in [0.5, 0.6) is 0 Å². The molecule has 0 fully saturated rings. The van der Waals surface area contributed by atoms with Crippen LogP contribution in [-0.4, -0.2) is 25.0 Å². The number of benzene rings is 1. The van der Waals surface area contributed by atoms with Crippen LogP contribution in [-0.2, 0) is 0 Å². The molecule has 1 amide bonds. The number of halogens is 2. The van der Waals surface area contributed by atoms with Crippen molar-refractivity contribution in [3.63, 3.8) is 0 Å². The molecule has 0 aliphatic rings. The van der Waals surface area contributed by atoms with Crippen LogP contribution < -0.4 is 10.6 Å². The molecule has 0 aliphatic heterocycles. The number of carbonyl (C=O) groups is 1. The summed E-state index contributed by atoms with van der Waals surface area (Å²) in [6, 6.07) is 5.74. The highest BCUT2D eigenvalue weighted by atomic mass is 35.5. The fraction of sp³-hybridized carbons (Fsp3) is 0.417. The van der Waals surface area contributed by atoms with Crippen molar-refractivity contribution in [3.05, 3.63) is 35.6 Å². The molecule has 17 heavy (non-hydrogen) atoms. The summed E-state index contributed by atoms with van der Waals surface area (Å²) in [5, 5.41) is 5.97. The van der Waals surface area contributed by atoms with Crippen molar-refractivity contribution in [1.29, 1.82) is 0 Å². The quantitative estimate of drug-likeness (QED) is 0.850. The monoisotopic (exact) mass is 260 g/mol. The van der Waals surface area contributed by atoms with Crippen molar-refractivity contribution < 1.29 is 9.18 Å². The van der Waals surface area contributed by atoms with Crippen LogP contribution in [0.1, 0.15) is 24.2 Å². The number of nitrogens with one attached hydrogen (secondary N) is 2. The van der Waals surface area contributed by atoms with Gasteiger partial charge in [-0.3, -0.25) is 4.79 Å². The van der Waals surface area contributed by atoms with Crippen LogP contribution in [0.15, 0.2) is 24.3 Å². The molecule has 0 unspecified atom stereocenters. The van der Waals surface area contributed by atoms with E-state index in [1.54, 1.807) is 0 Å². The Hall–Kier alpha value is -1.13. The van der Waals surface area contributed by atoms with Crippen LogP contribution in [0.4, 0.5) is 4.39 Å². The Labute approximate surface area is 107 Å². The molecule has 1 atom stereocenters. The first kappa shape index (κ1) is 15.9. The summed E-state index contributed by atoms with van der Waals surface area (Å²) in [5.74, 6) is -0.512. The fourth-order valence-corrected chi connectivity index (χ4v) is 1.37. The van der Waals surface area contributed by atoms with E-state index in [1.165, 1.54) is 24.3 Å². The van der Waals surface area contributed by atoms with Crippen LogP contribution in [0.3, 0.4) is 0 Å². The number of amides is 1. The Kier molecular flexibility index (Phi) is 7.50. The van der Waals surface area contributed by atoms with E-state index in [1.807, 2.05) is 13.8 Å². The molecule has 0 saturated heterocycles. The minimum Gasteiger partial charge on any atom is -0.350 e. The molecule has 0 heterocycles. The van der Waals surface area contributed by atoms with Gasteiger partial charge in [-0.15, -0.1) is 12.4 Å². The maximum atomic E-state index is 12.6. The molecule has 3 nitrogen and oxygen atoms in total. The lowest BCUT2D eigenvalue weighted by Gasteiger charge is -2.13. The highest BCUT2D eigenvalue weighted by Crippen LogP contribution is 2.02. The first-order valence-corrected chi connectivity index (χ1v) is 5.40. The minimum atomic E-state index is -0.336. The fourth-order valence-electron chi connectivity index (χ4n) is 1.37. The lowest BCUT2D eigenvalue weighted by Crippen LogP contribution is -2.38. The summed E-state index contributed by atoms with van der Waals surface area (Å²) >= 11 is 0. The normalized spacial score (nSPS) is 11.5. The maximum Gasteiger partial charge on any atom is 0.251 e. The Bertz CT molecular complexity index is 343. The molecule has 1 rings (SSSR count). The molecule has 0 spiro atoms. The molecule has 0 aromatic heterocycles. The molecule has 2 N–H and O–H groups in total. The van der Waals surface area contributed by atoms with Gasteiger partial charge in [0.1, 0.15) is 5.82 Å². The van der Waals surface area contributed by atoms with Crippen molar-refractivity contribution in [1.82, 2.24) is 10.6 Å². The maximum absolute atomic E-state index is 12.6. The molecule has 0 saturated carbocycles. The number of carbonyl (C=O) groups excluding carboxylic acids is 1. The Morgan fingerprint density at radius 2 is 1.94 bits per heavy atom. The van der Waals surface area contributed by atoms with E-state index in [2.05, 4.69) is 10.6 Å². The van der Waals surface area contributed by atoms with Crippen molar-refractivity contribution in [2.75, 3.05) is 13.1 Å². The predicted molar refractivity (Wildman–Crippen MR) is 69.1 cm³/mol. The van der Waals surface area contributed by atoms with Gasteiger partial charge < -0.3 is 10.6 Å². The zero-order valence-corrected chi connectivity index (χ0v) is 10.8. The molecule has 96 valence electrons. The van der Waals surface area contributed by atoms with Crippen LogP contribution in [0.25, 0.3) is 0 Å². The van der Waals surface area contributed by atoms with E-state index in [9.17, 15) is 9.18 Å². The average molecular weight is 261 g/mol. The second kappa shape index (κ2) is 8.03. The second-order valence-corrected chi connectivity index (χ2v) is 3.68. The number of rotatable bonds is 5. The predicted octanol–water partition coefficient (Wildman–Crippen LogP) is 1.98. The lowest BCUT2D eigenvalue weighted by molar-refractivity contribution is 0.0950. The van der Waals surface area contributed by atoms with Gasteiger partial charge in [-0.1, -0.05) is 6.92 Å². The molecule has 0 bridgehead atoms. The molecule has 0 radical (unpaired) electrons. The van der Waals surface area contributed by atoms with Gasteiger partial charge in [0.15, 0.2) is 0 Å². The highest BCUT2D eigenvalue weighted by molar-refractivity contribution is 5.94. The van der Waals surface area contributed by atoms with Gasteiger partial charge in [0.2, 0.25) is 0 Å².